The average Bonchev–Trinajstić information content (AvgIpc) is 2.56. The van der Waals surface area contributed by atoms with Gasteiger partial charge in [-0.05, 0) is 24.6 Å². The van der Waals surface area contributed by atoms with E-state index in [-0.39, 0.29) is 5.82 Å². The van der Waals surface area contributed by atoms with E-state index in [2.05, 4.69) is 4.98 Å². The van der Waals surface area contributed by atoms with Crippen molar-refractivity contribution in [2.45, 2.75) is 16.9 Å². The maximum Gasteiger partial charge on any atom is 0.181 e. The molecule has 6 heteroatoms. The van der Waals surface area contributed by atoms with Crippen molar-refractivity contribution in [1.82, 2.24) is 4.98 Å². The first-order chi connectivity index (χ1) is 8.06. The lowest BCUT2D eigenvalue weighted by Gasteiger charge is -2.03. The summed E-state index contributed by atoms with van der Waals surface area (Å²) in [7, 11) is 0. The Kier molecular flexibility index (Phi) is 3.91. The molecule has 0 bridgehead atoms. The zero-order valence-electron chi connectivity index (χ0n) is 9.04. The number of halogens is 2. The first-order valence-electron chi connectivity index (χ1n) is 4.86. The van der Waals surface area contributed by atoms with Crippen LogP contribution in [0.15, 0.2) is 22.4 Å². The van der Waals surface area contributed by atoms with E-state index in [0.717, 1.165) is 15.5 Å². The number of rotatable bonds is 3. The summed E-state index contributed by atoms with van der Waals surface area (Å²) in [6.07, 6.45) is 0. The molecule has 1 heterocycles. The molecule has 1 aromatic carbocycles. The molecular formula is C11H10ClFN2S2. The number of hydrogen-bond acceptors (Lipinski definition) is 4. The van der Waals surface area contributed by atoms with E-state index >= 15 is 0 Å². The highest BCUT2D eigenvalue weighted by molar-refractivity contribution is 8.00. The van der Waals surface area contributed by atoms with E-state index in [4.69, 9.17) is 17.3 Å². The fourth-order valence-electron chi connectivity index (χ4n) is 1.32. The van der Waals surface area contributed by atoms with Crippen LogP contribution in [0.1, 0.15) is 11.3 Å². The largest absolute Gasteiger partial charge is 0.375 e. The number of nitrogens with zero attached hydrogens (tertiary/aromatic N) is 1. The molecule has 2 rings (SSSR count). The Morgan fingerprint density at radius 3 is 2.88 bits per heavy atom. The first-order valence-corrected chi connectivity index (χ1v) is 7.04. The van der Waals surface area contributed by atoms with E-state index in [1.165, 1.54) is 23.5 Å². The molecule has 0 aliphatic heterocycles. The van der Waals surface area contributed by atoms with Crippen molar-refractivity contribution in [2.75, 3.05) is 5.73 Å². The monoisotopic (exact) mass is 288 g/mol. The van der Waals surface area contributed by atoms with E-state index in [9.17, 15) is 4.39 Å². The Hall–Kier alpha value is -0.780. The fraction of sp³-hybridized carbons (Fsp3) is 0.182. The van der Waals surface area contributed by atoms with Gasteiger partial charge in [-0.2, -0.15) is 0 Å². The Morgan fingerprint density at radius 1 is 1.53 bits per heavy atom. The predicted molar refractivity (Wildman–Crippen MR) is 72.2 cm³/mol. The summed E-state index contributed by atoms with van der Waals surface area (Å²) in [5.41, 5.74) is 7.45. The minimum Gasteiger partial charge on any atom is -0.375 e. The van der Waals surface area contributed by atoms with Gasteiger partial charge in [-0.3, -0.25) is 0 Å². The smallest absolute Gasteiger partial charge is 0.181 e. The van der Waals surface area contributed by atoms with Gasteiger partial charge in [0, 0.05) is 10.8 Å². The van der Waals surface area contributed by atoms with Gasteiger partial charge in [0.25, 0.3) is 0 Å². The van der Waals surface area contributed by atoms with E-state index < -0.39 is 0 Å². The van der Waals surface area contributed by atoms with E-state index in [1.54, 1.807) is 17.8 Å². The number of thioether (sulfide) groups is 1. The van der Waals surface area contributed by atoms with E-state index in [1.807, 2.05) is 6.92 Å². The molecule has 90 valence electrons. The number of nitrogens with two attached hydrogens (primary N) is 1. The molecule has 0 saturated carbocycles. The van der Waals surface area contributed by atoms with Gasteiger partial charge in [0.1, 0.15) is 5.82 Å². The van der Waals surface area contributed by atoms with Crippen LogP contribution in [0.2, 0.25) is 5.02 Å². The standard InChI is InChI=1S/C11H10ClFN2S2/c1-6-10(17-11(14)15-6)16-5-7-2-3-8(13)4-9(7)12/h2-4H,5H2,1H3,(H2,14,15). The van der Waals surface area contributed by atoms with Crippen molar-refractivity contribution in [1.29, 1.82) is 0 Å². The lowest BCUT2D eigenvalue weighted by molar-refractivity contribution is 0.627. The van der Waals surface area contributed by atoms with Crippen molar-refractivity contribution in [3.05, 3.63) is 40.3 Å². The predicted octanol–water partition coefficient (Wildman–Crippen LogP) is 4.12. The molecule has 1 aromatic heterocycles. The minimum absolute atomic E-state index is 0.318. The summed E-state index contributed by atoms with van der Waals surface area (Å²) in [5.74, 6) is 0.365. The highest BCUT2D eigenvalue weighted by Gasteiger charge is 2.08. The lowest BCUT2D eigenvalue weighted by atomic mass is 10.2. The van der Waals surface area contributed by atoms with Crippen LogP contribution >= 0.6 is 34.7 Å². The number of hydrogen-bond donors (Lipinski definition) is 1. The topological polar surface area (TPSA) is 38.9 Å². The number of aryl methyl sites for hydroxylation is 1. The van der Waals surface area contributed by atoms with Crippen LogP contribution in [0, 0.1) is 12.7 Å². The molecule has 0 aliphatic carbocycles. The summed E-state index contributed by atoms with van der Waals surface area (Å²) in [6, 6.07) is 4.44. The highest BCUT2D eigenvalue weighted by atomic mass is 35.5. The van der Waals surface area contributed by atoms with Gasteiger partial charge in [0.2, 0.25) is 0 Å². The van der Waals surface area contributed by atoms with Gasteiger partial charge < -0.3 is 5.73 Å². The van der Waals surface area contributed by atoms with Gasteiger partial charge in [0.05, 0.1) is 9.90 Å². The molecule has 0 radical (unpaired) electrons. The van der Waals surface area contributed by atoms with Crippen molar-refractivity contribution in [3.8, 4) is 0 Å². The third kappa shape index (κ3) is 3.12. The quantitative estimate of drug-likeness (QED) is 0.864. The van der Waals surface area contributed by atoms with Gasteiger partial charge in [-0.15, -0.1) is 11.8 Å². The Balaban J connectivity index is 2.10. The second-order valence-electron chi connectivity index (χ2n) is 3.45. The molecule has 0 atom stereocenters. The molecule has 0 fully saturated rings. The molecule has 2 nitrogen and oxygen atoms in total. The molecule has 17 heavy (non-hydrogen) atoms. The van der Waals surface area contributed by atoms with Crippen molar-refractivity contribution >= 4 is 39.8 Å². The molecule has 0 unspecified atom stereocenters. The van der Waals surface area contributed by atoms with Crippen LogP contribution in [0.25, 0.3) is 0 Å². The zero-order valence-corrected chi connectivity index (χ0v) is 11.4. The minimum atomic E-state index is -0.318. The molecule has 2 aromatic rings. The maximum absolute atomic E-state index is 12.9. The lowest BCUT2D eigenvalue weighted by Crippen LogP contribution is -1.84. The van der Waals surface area contributed by atoms with Gasteiger partial charge in [-0.1, -0.05) is 29.0 Å². The van der Waals surface area contributed by atoms with Crippen LogP contribution in [0.4, 0.5) is 9.52 Å². The number of benzene rings is 1. The molecular weight excluding hydrogens is 279 g/mol. The third-order valence-corrected chi connectivity index (χ3v) is 4.89. The highest BCUT2D eigenvalue weighted by Crippen LogP contribution is 2.34. The summed E-state index contributed by atoms with van der Waals surface area (Å²) in [5, 5.41) is 1.02. The fourth-order valence-corrected chi connectivity index (χ4v) is 3.66. The Morgan fingerprint density at radius 2 is 2.29 bits per heavy atom. The third-order valence-electron chi connectivity index (χ3n) is 2.14. The second-order valence-corrected chi connectivity index (χ2v) is 6.13. The summed E-state index contributed by atoms with van der Waals surface area (Å²) < 4.78 is 13.9. The zero-order chi connectivity index (χ0) is 12.4. The van der Waals surface area contributed by atoms with Gasteiger partial charge in [0.15, 0.2) is 5.13 Å². The van der Waals surface area contributed by atoms with Gasteiger partial charge >= 0.3 is 0 Å². The first kappa shape index (κ1) is 12.7. The number of anilines is 1. The van der Waals surface area contributed by atoms with Gasteiger partial charge in [-0.25, -0.2) is 9.37 Å². The van der Waals surface area contributed by atoms with Crippen molar-refractivity contribution in [2.24, 2.45) is 0 Å². The molecule has 0 spiro atoms. The number of aromatic nitrogens is 1. The summed E-state index contributed by atoms with van der Waals surface area (Å²) in [6.45, 7) is 1.92. The maximum atomic E-state index is 12.9. The average molecular weight is 289 g/mol. The Bertz CT molecular complexity index is 542. The molecule has 2 N–H and O–H groups in total. The van der Waals surface area contributed by atoms with Crippen molar-refractivity contribution in [3.63, 3.8) is 0 Å². The number of thiazole rings is 1. The normalized spacial score (nSPS) is 10.8. The molecule has 0 aliphatic rings. The Labute approximate surface area is 112 Å². The number of nitrogen functional groups attached to an aromatic ring is 1. The summed E-state index contributed by atoms with van der Waals surface area (Å²) >= 11 is 9.02. The van der Waals surface area contributed by atoms with Crippen LogP contribution < -0.4 is 5.73 Å². The second kappa shape index (κ2) is 5.25. The van der Waals surface area contributed by atoms with Crippen LogP contribution in [-0.4, -0.2) is 4.98 Å². The molecule has 0 saturated heterocycles. The van der Waals surface area contributed by atoms with Crippen LogP contribution in [0.3, 0.4) is 0 Å². The molecule has 0 amide bonds. The van der Waals surface area contributed by atoms with Crippen LogP contribution in [-0.2, 0) is 5.75 Å². The summed E-state index contributed by atoms with van der Waals surface area (Å²) in [4.78, 5) is 4.14. The van der Waals surface area contributed by atoms with Crippen molar-refractivity contribution < 1.29 is 4.39 Å². The SMILES string of the molecule is Cc1nc(N)sc1SCc1ccc(F)cc1Cl. The van der Waals surface area contributed by atoms with E-state index in [0.29, 0.717) is 15.9 Å². The van der Waals surface area contributed by atoms with Crippen LogP contribution in [0.5, 0.6) is 0 Å².